The Morgan fingerprint density at radius 2 is 2.00 bits per heavy atom. The van der Waals surface area contributed by atoms with Crippen LogP contribution in [0.4, 0.5) is 5.69 Å². The number of anilines is 1. The minimum atomic E-state index is 0.0459. The van der Waals surface area contributed by atoms with Crippen LogP contribution in [0.3, 0.4) is 0 Å². The van der Waals surface area contributed by atoms with Gasteiger partial charge in [0, 0.05) is 12.2 Å². The molecule has 0 radical (unpaired) electrons. The molecule has 1 aromatic carbocycles. The summed E-state index contributed by atoms with van der Waals surface area (Å²) in [7, 11) is 0. The van der Waals surface area contributed by atoms with Crippen LogP contribution in [-0.4, -0.2) is 19.0 Å². The van der Waals surface area contributed by atoms with Gasteiger partial charge in [0.1, 0.15) is 0 Å². The van der Waals surface area contributed by atoms with Gasteiger partial charge in [-0.25, -0.2) is 0 Å². The Hall–Kier alpha value is -1.51. The van der Waals surface area contributed by atoms with Crippen molar-refractivity contribution in [3.63, 3.8) is 0 Å². The molecule has 3 heteroatoms. The molecule has 0 bridgehead atoms. The molecule has 0 aromatic heterocycles. The number of benzene rings is 1. The van der Waals surface area contributed by atoms with Gasteiger partial charge in [-0.3, -0.25) is 4.79 Å². The Balaban J connectivity index is 2.42. The monoisotopic (exact) mass is 234 g/mol. The quantitative estimate of drug-likeness (QED) is 0.793. The number of aryl methyl sites for hydroxylation is 1. The number of para-hydroxylation sites is 1. The van der Waals surface area contributed by atoms with E-state index in [9.17, 15) is 4.79 Å². The number of carbonyl (C=O) groups excluding carboxylic acids is 1. The highest BCUT2D eigenvalue weighted by Gasteiger charge is 2.03. The molecule has 0 aliphatic carbocycles. The van der Waals surface area contributed by atoms with E-state index in [0.717, 1.165) is 18.7 Å². The van der Waals surface area contributed by atoms with Crippen LogP contribution < -0.4 is 10.6 Å². The molecule has 0 heterocycles. The number of carbonyl (C=O) groups is 1. The summed E-state index contributed by atoms with van der Waals surface area (Å²) < 4.78 is 0. The average molecular weight is 234 g/mol. The Morgan fingerprint density at radius 3 is 2.65 bits per heavy atom. The molecule has 0 saturated heterocycles. The van der Waals surface area contributed by atoms with E-state index in [1.54, 1.807) is 0 Å². The van der Waals surface area contributed by atoms with Crippen molar-refractivity contribution in [3.8, 4) is 0 Å². The molecule has 0 aliphatic rings. The highest BCUT2D eigenvalue weighted by Crippen LogP contribution is 2.14. The van der Waals surface area contributed by atoms with Crippen LogP contribution in [0.2, 0.25) is 0 Å². The summed E-state index contributed by atoms with van der Waals surface area (Å²) >= 11 is 0. The van der Waals surface area contributed by atoms with Crippen molar-refractivity contribution < 1.29 is 4.79 Å². The lowest BCUT2D eigenvalue weighted by molar-refractivity contribution is -0.119. The zero-order chi connectivity index (χ0) is 12.7. The maximum absolute atomic E-state index is 11.5. The van der Waals surface area contributed by atoms with E-state index >= 15 is 0 Å². The Morgan fingerprint density at radius 1 is 1.29 bits per heavy atom. The molecule has 0 fully saturated rings. The van der Waals surface area contributed by atoms with E-state index in [0.29, 0.717) is 12.5 Å². The Kier molecular flexibility index (Phi) is 5.53. The van der Waals surface area contributed by atoms with Gasteiger partial charge < -0.3 is 10.6 Å². The van der Waals surface area contributed by atoms with Crippen LogP contribution in [0, 0.1) is 5.92 Å². The van der Waals surface area contributed by atoms with Crippen molar-refractivity contribution in [2.75, 3.05) is 18.4 Å². The lowest BCUT2D eigenvalue weighted by Gasteiger charge is -2.11. The van der Waals surface area contributed by atoms with Gasteiger partial charge in [0.15, 0.2) is 0 Å². The Bertz CT molecular complexity index is 361. The van der Waals surface area contributed by atoms with Gasteiger partial charge in [-0.05, 0) is 24.0 Å². The zero-order valence-electron chi connectivity index (χ0n) is 10.9. The highest BCUT2D eigenvalue weighted by molar-refractivity contribution is 5.80. The van der Waals surface area contributed by atoms with E-state index in [1.807, 2.05) is 18.2 Å². The number of rotatable bonds is 6. The second-order valence-corrected chi connectivity index (χ2v) is 4.56. The third-order valence-electron chi connectivity index (χ3n) is 2.55. The van der Waals surface area contributed by atoms with Gasteiger partial charge in [0.2, 0.25) is 5.91 Å². The van der Waals surface area contributed by atoms with Crippen molar-refractivity contribution in [1.82, 2.24) is 5.32 Å². The van der Waals surface area contributed by atoms with Crippen LogP contribution in [-0.2, 0) is 11.2 Å². The summed E-state index contributed by atoms with van der Waals surface area (Å²) in [5.41, 5.74) is 2.29. The van der Waals surface area contributed by atoms with Gasteiger partial charge in [0.25, 0.3) is 0 Å². The van der Waals surface area contributed by atoms with Gasteiger partial charge >= 0.3 is 0 Å². The molecule has 1 amide bonds. The lowest BCUT2D eigenvalue weighted by atomic mass is 10.1. The number of hydrogen-bond acceptors (Lipinski definition) is 2. The molecule has 0 saturated carbocycles. The summed E-state index contributed by atoms with van der Waals surface area (Å²) in [6.07, 6.45) is 0.969. The van der Waals surface area contributed by atoms with Crippen LogP contribution in [0.25, 0.3) is 0 Å². The van der Waals surface area contributed by atoms with Crippen molar-refractivity contribution in [2.45, 2.75) is 27.2 Å². The van der Waals surface area contributed by atoms with Crippen LogP contribution >= 0.6 is 0 Å². The molecule has 1 rings (SSSR count). The highest BCUT2D eigenvalue weighted by atomic mass is 16.1. The third-order valence-corrected chi connectivity index (χ3v) is 2.55. The Labute approximate surface area is 104 Å². The maximum Gasteiger partial charge on any atom is 0.239 e. The zero-order valence-corrected chi connectivity index (χ0v) is 10.9. The van der Waals surface area contributed by atoms with E-state index in [4.69, 9.17) is 0 Å². The minimum absolute atomic E-state index is 0.0459. The van der Waals surface area contributed by atoms with Gasteiger partial charge in [-0.1, -0.05) is 39.0 Å². The predicted molar refractivity (Wildman–Crippen MR) is 72.2 cm³/mol. The van der Waals surface area contributed by atoms with Crippen molar-refractivity contribution in [1.29, 1.82) is 0 Å². The first-order chi connectivity index (χ1) is 8.13. The topological polar surface area (TPSA) is 41.1 Å². The van der Waals surface area contributed by atoms with E-state index in [-0.39, 0.29) is 5.91 Å². The molecule has 0 unspecified atom stereocenters. The fourth-order valence-electron chi connectivity index (χ4n) is 1.56. The maximum atomic E-state index is 11.5. The van der Waals surface area contributed by atoms with Crippen LogP contribution in [0.5, 0.6) is 0 Å². The first-order valence-corrected chi connectivity index (χ1v) is 6.22. The van der Waals surface area contributed by atoms with E-state index in [1.165, 1.54) is 5.56 Å². The summed E-state index contributed by atoms with van der Waals surface area (Å²) in [6.45, 7) is 7.35. The first kappa shape index (κ1) is 13.6. The number of nitrogens with one attached hydrogen (secondary N) is 2. The fourth-order valence-corrected chi connectivity index (χ4v) is 1.56. The molecule has 17 heavy (non-hydrogen) atoms. The molecule has 0 atom stereocenters. The smallest absolute Gasteiger partial charge is 0.239 e. The van der Waals surface area contributed by atoms with Crippen molar-refractivity contribution in [2.24, 2.45) is 5.92 Å². The van der Waals surface area contributed by atoms with Crippen molar-refractivity contribution in [3.05, 3.63) is 29.8 Å². The molecular weight excluding hydrogens is 212 g/mol. The third kappa shape index (κ3) is 4.89. The first-order valence-electron chi connectivity index (χ1n) is 6.22. The van der Waals surface area contributed by atoms with E-state index < -0.39 is 0 Å². The molecule has 0 spiro atoms. The van der Waals surface area contributed by atoms with Gasteiger partial charge in [-0.2, -0.15) is 0 Å². The fraction of sp³-hybridized carbons (Fsp3) is 0.500. The largest absolute Gasteiger partial charge is 0.376 e. The van der Waals surface area contributed by atoms with E-state index in [2.05, 4.69) is 37.5 Å². The normalized spacial score (nSPS) is 10.4. The van der Waals surface area contributed by atoms with Crippen molar-refractivity contribution >= 4 is 11.6 Å². The standard InChI is InChI=1S/C14H22N2O/c1-4-12-7-5-6-8-13(12)15-10-14(17)16-9-11(2)3/h5-8,11,15H,4,9-10H2,1-3H3,(H,16,17). The van der Waals surface area contributed by atoms with Gasteiger partial charge in [0.05, 0.1) is 6.54 Å². The molecular formula is C14H22N2O. The SMILES string of the molecule is CCc1ccccc1NCC(=O)NCC(C)C. The molecule has 0 aliphatic heterocycles. The molecule has 3 nitrogen and oxygen atoms in total. The van der Waals surface area contributed by atoms with Crippen LogP contribution in [0.1, 0.15) is 26.3 Å². The summed E-state index contributed by atoms with van der Waals surface area (Å²) in [5, 5.41) is 6.06. The summed E-state index contributed by atoms with van der Waals surface area (Å²) in [4.78, 5) is 11.5. The van der Waals surface area contributed by atoms with Gasteiger partial charge in [-0.15, -0.1) is 0 Å². The second-order valence-electron chi connectivity index (χ2n) is 4.56. The summed E-state index contributed by atoms with van der Waals surface area (Å²) in [6, 6.07) is 8.08. The van der Waals surface area contributed by atoms with Crippen LogP contribution in [0.15, 0.2) is 24.3 Å². The minimum Gasteiger partial charge on any atom is -0.376 e. The predicted octanol–water partition coefficient (Wildman–Crippen LogP) is 2.43. The average Bonchev–Trinajstić information content (AvgIpc) is 2.34. The molecule has 94 valence electrons. The second kappa shape index (κ2) is 6.94. The number of amides is 1. The lowest BCUT2D eigenvalue weighted by Crippen LogP contribution is -2.32. The molecule has 1 aromatic rings. The summed E-state index contributed by atoms with van der Waals surface area (Å²) in [5.74, 6) is 0.534. The molecule has 2 N–H and O–H groups in total. The number of hydrogen-bond donors (Lipinski definition) is 2.